The first-order valence-electron chi connectivity index (χ1n) is 6.07. The highest BCUT2D eigenvalue weighted by Crippen LogP contribution is 2.36. The Bertz CT molecular complexity index is 620. The Morgan fingerprint density at radius 2 is 1.58 bits per heavy atom. The fourth-order valence-electron chi connectivity index (χ4n) is 2.00. The van der Waals surface area contributed by atoms with E-state index in [-0.39, 0.29) is 5.82 Å². The van der Waals surface area contributed by atoms with Gasteiger partial charge in [-0.05, 0) is 55.2 Å². The van der Waals surface area contributed by atoms with Crippen molar-refractivity contribution in [2.75, 3.05) is 0 Å². The fraction of sp³-hybridized carbons (Fsp3) is 0.250. The van der Waals surface area contributed by atoms with E-state index in [0.29, 0.717) is 10.6 Å². The standard InChI is InChI=1S/C16H15Cl2F/c1-9-4-5-12(15(19)6-9)16(18)13-7-10(2)11(3)8-14(13)17/h4-8,16H,1-3H3. The van der Waals surface area contributed by atoms with Crippen LogP contribution >= 0.6 is 23.2 Å². The molecule has 100 valence electrons. The Morgan fingerprint density at radius 3 is 2.21 bits per heavy atom. The quantitative estimate of drug-likeness (QED) is 0.621. The third-order valence-electron chi connectivity index (χ3n) is 3.32. The highest BCUT2D eigenvalue weighted by molar-refractivity contribution is 6.33. The van der Waals surface area contributed by atoms with E-state index in [1.807, 2.05) is 39.0 Å². The summed E-state index contributed by atoms with van der Waals surface area (Å²) >= 11 is 12.6. The number of rotatable bonds is 2. The van der Waals surface area contributed by atoms with Gasteiger partial charge in [-0.15, -0.1) is 11.6 Å². The largest absolute Gasteiger partial charge is 0.207 e. The van der Waals surface area contributed by atoms with Gasteiger partial charge in [-0.3, -0.25) is 0 Å². The van der Waals surface area contributed by atoms with Crippen LogP contribution in [0.2, 0.25) is 5.02 Å². The molecule has 1 unspecified atom stereocenters. The molecule has 0 heterocycles. The van der Waals surface area contributed by atoms with Gasteiger partial charge in [0.2, 0.25) is 0 Å². The molecule has 3 heteroatoms. The molecule has 0 fully saturated rings. The van der Waals surface area contributed by atoms with Crippen molar-refractivity contribution in [2.45, 2.75) is 26.1 Å². The van der Waals surface area contributed by atoms with Gasteiger partial charge in [-0.1, -0.05) is 29.8 Å². The lowest BCUT2D eigenvalue weighted by molar-refractivity contribution is 0.611. The predicted octanol–water partition coefficient (Wildman–Crippen LogP) is 5.73. The van der Waals surface area contributed by atoms with Crippen LogP contribution in [0.1, 0.15) is 33.2 Å². The average Bonchev–Trinajstić information content (AvgIpc) is 2.33. The van der Waals surface area contributed by atoms with Crippen molar-refractivity contribution in [3.05, 3.63) is 69.0 Å². The molecule has 0 radical (unpaired) electrons. The summed E-state index contributed by atoms with van der Waals surface area (Å²) in [5, 5.41) is -0.00419. The minimum Gasteiger partial charge on any atom is -0.207 e. The van der Waals surface area contributed by atoms with Crippen LogP contribution in [-0.2, 0) is 0 Å². The number of halogens is 3. The summed E-state index contributed by atoms with van der Waals surface area (Å²) in [4.78, 5) is 0. The molecule has 1 atom stereocenters. The monoisotopic (exact) mass is 296 g/mol. The first-order chi connectivity index (χ1) is 8.90. The third-order valence-corrected chi connectivity index (χ3v) is 4.11. The van der Waals surface area contributed by atoms with Gasteiger partial charge >= 0.3 is 0 Å². The first-order valence-corrected chi connectivity index (χ1v) is 6.88. The number of hydrogen-bond acceptors (Lipinski definition) is 0. The summed E-state index contributed by atoms with van der Waals surface area (Å²) in [7, 11) is 0. The molecule has 19 heavy (non-hydrogen) atoms. The van der Waals surface area contributed by atoms with Crippen molar-refractivity contribution in [1.29, 1.82) is 0 Å². The topological polar surface area (TPSA) is 0 Å². The van der Waals surface area contributed by atoms with Crippen LogP contribution in [0.15, 0.2) is 30.3 Å². The van der Waals surface area contributed by atoms with Crippen molar-refractivity contribution in [3.8, 4) is 0 Å². The average molecular weight is 297 g/mol. The van der Waals surface area contributed by atoms with Crippen LogP contribution < -0.4 is 0 Å². The Kier molecular flexibility index (Phi) is 4.17. The van der Waals surface area contributed by atoms with Gasteiger partial charge in [0, 0.05) is 10.6 Å². The van der Waals surface area contributed by atoms with E-state index in [1.54, 1.807) is 6.07 Å². The molecule has 0 aromatic heterocycles. The van der Waals surface area contributed by atoms with Crippen molar-refractivity contribution in [2.24, 2.45) is 0 Å². The zero-order valence-electron chi connectivity index (χ0n) is 11.1. The van der Waals surface area contributed by atoms with Gasteiger partial charge < -0.3 is 0 Å². The van der Waals surface area contributed by atoms with E-state index in [2.05, 4.69) is 0 Å². The van der Waals surface area contributed by atoms with Crippen LogP contribution in [0, 0.1) is 26.6 Å². The van der Waals surface area contributed by atoms with Gasteiger partial charge in [-0.25, -0.2) is 4.39 Å². The number of aryl methyl sites for hydroxylation is 3. The normalized spacial score (nSPS) is 12.5. The maximum absolute atomic E-state index is 14.0. The smallest absolute Gasteiger partial charge is 0.128 e. The molecular weight excluding hydrogens is 282 g/mol. The second kappa shape index (κ2) is 5.52. The molecule has 2 aromatic carbocycles. The molecule has 0 amide bonds. The van der Waals surface area contributed by atoms with Crippen molar-refractivity contribution < 1.29 is 4.39 Å². The van der Waals surface area contributed by atoms with Crippen molar-refractivity contribution in [1.82, 2.24) is 0 Å². The van der Waals surface area contributed by atoms with Crippen LogP contribution in [0.3, 0.4) is 0 Å². The molecule has 0 spiro atoms. The van der Waals surface area contributed by atoms with E-state index in [1.165, 1.54) is 6.07 Å². The van der Waals surface area contributed by atoms with Crippen LogP contribution in [0.5, 0.6) is 0 Å². The molecule has 2 aromatic rings. The number of benzene rings is 2. The summed E-state index contributed by atoms with van der Waals surface area (Å²) in [5.74, 6) is -0.297. The molecular formula is C16H15Cl2F. The van der Waals surface area contributed by atoms with E-state index in [0.717, 1.165) is 22.3 Å². The lowest BCUT2D eigenvalue weighted by Gasteiger charge is -2.15. The number of alkyl halides is 1. The summed E-state index contributed by atoms with van der Waals surface area (Å²) in [6.07, 6.45) is 0. The second-order valence-corrected chi connectivity index (χ2v) is 5.69. The molecule has 0 saturated carbocycles. The Morgan fingerprint density at radius 1 is 0.947 bits per heavy atom. The molecule has 0 aliphatic rings. The molecule has 0 aliphatic heterocycles. The summed E-state index contributed by atoms with van der Waals surface area (Å²) in [5.41, 5.74) is 4.27. The fourth-order valence-corrected chi connectivity index (χ4v) is 2.74. The maximum atomic E-state index is 14.0. The van der Waals surface area contributed by atoms with E-state index in [9.17, 15) is 4.39 Å². The van der Waals surface area contributed by atoms with Crippen molar-refractivity contribution >= 4 is 23.2 Å². The SMILES string of the molecule is Cc1ccc(C(Cl)c2cc(C)c(C)cc2Cl)c(F)c1. The molecule has 0 N–H and O–H groups in total. The highest BCUT2D eigenvalue weighted by atomic mass is 35.5. The van der Waals surface area contributed by atoms with Gasteiger partial charge in [0.15, 0.2) is 0 Å². The molecule has 0 aliphatic carbocycles. The minimum absolute atomic E-state index is 0.297. The third kappa shape index (κ3) is 2.93. The van der Waals surface area contributed by atoms with Gasteiger partial charge in [0.1, 0.15) is 5.82 Å². The molecule has 0 saturated heterocycles. The van der Waals surface area contributed by atoms with Gasteiger partial charge in [0.05, 0.1) is 5.38 Å². The Balaban J connectivity index is 2.49. The predicted molar refractivity (Wildman–Crippen MR) is 79.8 cm³/mol. The molecule has 0 nitrogen and oxygen atoms in total. The van der Waals surface area contributed by atoms with E-state index >= 15 is 0 Å². The van der Waals surface area contributed by atoms with Crippen LogP contribution in [0.25, 0.3) is 0 Å². The zero-order valence-corrected chi connectivity index (χ0v) is 12.6. The highest BCUT2D eigenvalue weighted by Gasteiger charge is 2.18. The summed E-state index contributed by atoms with van der Waals surface area (Å²) in [6.45, 7) is 5.82. The minimum atomic E-state index is -0.576. The Labute approximate surface area is 123 Å². The maximum Gasteiger partial charge on any atom is 0.128 e. The molecule has 0 bridgehead atoms. The van der Waals surface area contributed by atoms with Crippen LogP contribution in [-0.4, -0.2) is 0 Å². The summed E-state index contributed by atoms with van der Waals surface area (Å²) < 4.78 is 14.0. The first kappa shape index (κ1) is 14.4. The summed E-state index contributed by atoms with van der Waals surface area (Å²) in [6, 6.07) is 8.85. The second-order valence-electron chi connectivity index (χ2n) is 4.85. The molecule has 2 rings (SSSR count). The number of hydrogen-bond donors (Lipinski definition) is 0. The van der Waals surface area contributed by atoms with Crippen LogP contribution in [0.4, 0.5) is 4.39 Å². The van der Waals surface area contributed by atoms with Crippen molar-refractivity contribution in [3.63, 3.8) is 0 Å². The van der Waals surface area contributed by atoms with Gasteiger partial charge in [0.25, 0.3) is 0 Å². The lowest BCUT2D eigenvalue weighted by Crippen LogP contribution is -2.00. The van der Waals surface area contributed by atoms with E-state index < -0.39 is 5.38 Å². The van der Waals surface area contributed by atoms with Gasteiger partial charge in [-0.2, -0.15) is 0 Å². The zero-order chi connectivity index (χ0) is 14.2. The Hall–Kier alpha value is -1.05. The lowest BCUT2D eigenvalue weighted by atomic mass is 9.99. The van der Waals surface area contributed by atoms with E-state index in [4.69, 9.17) is 23.2 Å².